The molecule has 0 aromatic rings. The zero-order valence-corrected chi connectivity index (χ0v) is 10.0. The van der Waals surface area contributed by atoms with Crippen LogP contribution in [0.25, 0.3) is 0 Å². The SMILES string of the molecule is C=C(C)C(C/C(=C/C)N=CC)N(C)C. The summed E-state index contributed by atoms with van der Waals surface area (Å²) in [7, 11) is 4.14. The number of rotatable bonds is 5. The van der Waals surface area contributed by atoms with Crippen LogP contribution in [0.4, 0.5) is 0 Å². The highest BCUT2D eigenvalue weighted by Gasteiger charge is 2.13. The quantitative estimate of drug-likeness (QED) is 0.485. The van der Waals surface area contributed by atoms with E-state index >= 15 is 0 Å². The number of hydrogen-bond donors (Lipinski definition) is 0. The highest BCUT2D eigenvalue weighted by atomic mass is 15.1. The van der Waals surface area contributed by atoms with Crippen LogP contribution in [0.15, 0.2) is 28.9 Å². The summed E-state index contributed by atoms with van der Waals surface area (Å²) in [4.78, 5) is 6.49. The van der Waals surface area contributed by atoms with Crippen molar-refractivity contribution < 1.29 is 0 Å². The van der Waals surface area contributed by atoms with E-state index < -0.39 is 0 Å². The van der Waals surface area contributed by atoms with Gasteiger partial charge < -0.3 is 4.90 Å². The molecule has 1 unspecified atom stereocenters. The van der Waals surface area contributed by atoms with E-state index in [-0.39, 0.29) is 0 Å². The molecule has 0 N–H and O–H groups in total. The Hall–Kier alpha value is -0.890. The summed E-state index contributed by atoms with van der Waals surface area (Å²) >= 11 is 0. The topological polar surface area (TPSA) is 15.6 Å². The van der Waals surface area contributed by atoms with Gasteiger partial charge in [-0.3, -0.25) is 4.99 Å². The van der Waals surface area contributed by atoms with Crippen LogP contribution in [0.2, 0.25) is 0 Å². The summed E-state index contributed by atoms with van der Waals surface area (Å²) in [6.45, 7) is 10.0. The van der Waals surface area contributed by atoms with Crippen LogP contribution < -0.4 is 0 Å². The van der Waals surface area contributed by atoms with E-state index in [1.165, 1.54) is 5.57 Å². The average molecular weight is 194 g/mol. The van der Waals surface area contributed by atoms with Crippen molar-refractivity contribution in [2.75, 3.05) is 14.1 Å². The maximum absolute atomic E-state index is 4.32. The van der Waals surface area contributed by atoms with E-state index in [0.29, 0.717) is 6.04 Å². The van der Waals surface area contributed by atoms with Crippen molar-refractivity contribution in [1.82, 2.24) is 4.90 Å². The highest BCUT2D eigenvalue weighted by molar-refractivity contribution is 5.55. The lowest BCUT2D eigenvalue weighted by Gasteiger charge is -2.24. The number of allylic oxidation sites excluding steroid dienone is 1. The molecule has 1 atom stereocenters. The van der Waals surface area contributed by atoms with Gasteiger partial charge in [-0.1, -0.05) is 18.2 Å². The third-order valence-electron chi connectivity index (χ3n) is 2.22. The first-order valence-electron chi connectivity index (χ1n) is 4.98. The number of nitrogens with zero attached hydrogens (tertiary/aromatic N) is 2. The minimum absolute atomic E-state index is 0.380. The Morgan fingerprint density at radius 2 is 2.00 bits per heavy atom. The van der Waals surface area contributed by atoms with Gasteiger partial charge >= 0.3 is 0 Å². The fourth-order valence-corrected chi connectivity index (χ4v) is 1.41. The smallest absolute Gasteiger partial charge is 0.0375 e. The van der Waals surface area contributed by atoms with E-state index in [2.05, 4.69) is 43.6 Å². The third kappa shape index (κ3) is 4.38. The van der Waals surface area contributed by atoms with Gasteiger partial charge in [0, 0.05) is 24.4 Å². The fraction of sp³-hybridized carbons (Fsp3) is 0.583. The third-order valence-corrected chi connectivity index (χ3v) is 2.22. The maximum Gasteiger partial charge on any atom is 0.0375 e. The lowest BCUT2D eigenvalue weighted by molar-refractivity contribution is 0.327. The summed E-state index contributed by atoms with van der Waals surface area (Å²) in [6, 6.07) is 0.380. The van der Waals surface area contributed by atoms with Gasteiger partial charge in [0.15, 0.2) is 0 Å². The second-order valence-electron chi connectivity index (χ2n) is 3.70. The lowest BCUT2D eigenvalue weighted by Crippen LogP contribution is -2.28. The van der Waals surface area contributed by atoms with Crippen LogP contribution in [0.1, 0.15) is 27.2 Å². The van der Waals surface area contributed by atoms with Gasteiger partial charge in [-0.05, 0) is 34.9 Å². The van der Waals surface area contributed by atoms with Crippen molar-refractivity contribution in [3.63, 3.8) is 0 Å². The predicted molar refractivity (Wildman–Crippen MR) is 64.8 cm³/mol. The summed E-state index contributed by atoms with van der Waals surface area (Å²) in [5, 5.41) is 0. The van der Waals surface area contributed by atoms with Gasteiger partial charge in [0.2, 0.25) is 0 Å². The van der Waals surface area contributed by atoms with E-state index in [1.54, 1.807) is 0 Å². The molecule has 0 saturated carbocycles. The molecule has 0 saturated heterocycles. The standard InChI is InChI=1S/C12H22N2/c1-7-11(13-8-2)9-12(10(3)4)14(5)6/h7-8,12H,3,9H2,1-2,4-6H3/b11-7-,13-8?. The molecule has 0 spiro atoms. The zero-order valence-electron chi connectivity index (χ0n) is 10.0. The van der Waals surface area contributed by atoms with Crippen molar-refractivity contribution in [3.8, 4) is 0 Å². The first kappa shape index (κ1) is 13.1. The molecule has 0 radical (unpaired) electrons. The highest BCUT2D eigenvalue weighted by Crippen LogP contribution is 2.16. The van der Waals surface area contributed by atoms with Gasteiger partial charge in [-0.2, -0.15) is 0 Å². The van der Waals surface area contributed by atoms with Gasteiger partial charge in [0.1, 0.15) is 0 Å². The first-order chi connectivity index (χ1) is 6.52. The van der Waals surface area contributed by atoms with Crippen molar-refractivity contribution >= 4 is 6.21 Å². The lowest BCUT2D eigenvalue weighted by atomic mass is 10.0. The van der Waals surface area contributed by atoms with Crippen molar-refractivity contribution in [1.29, 1.82) is 0 Å². The Labute approximate surface area is 88.0 Å². The molecule has 0 aliphatic heterocycles. The van der Waals surface area contributed by atoms with E-state index in [0.717, 1.165) is 12.1 Å². The Kier molecular flexibility index (Phi) is 6.13. The summed E-state index contributed by atoms with van der Waals surface area (Å²) in [5.74, 6) is 0. The molecule has 0 amide bonds. The molecule has 0 aliphatic rings. The molecule has 2 nitrogen and oxygen atoms in total. The minimum atomic E-state index is 0.380. The second kappa shape index (κ2) is 6.55. The molecule has 2 heteroatoms. The molecule has 0 fully saturated rings. The molecule has 0 heterocycles. The normalized spacial score (nSPS) is 15.1. The van der Waals surface area contributed by atoms with Crippen LogP contribution in [0, 0.1) is 0 Å². The molecule has 0 aliphatic carbocycles. The molecular weight excluding hydrogens is 172 g/mol. The molecular formula is C12H22N2. The zero-order chi connectivity index (χ0) is 11.1. The van der Waals surface area contributed by atoms with Gasteiger partial charge in [0.25, 0.3) is 0 Å². The summed E-state index contributed by atoms with van der Waals surface area (Å²) < 4.78 is 0. The largest absolute Gasteiger partial charge is 0.302 e. The molecule has 0 bridgehead atoms. The Bertz CT molecular complexity index is 237. The van der Waals surface area contributed by atoms with Gasteiger partial charge in [0.05, 0.1) is 0 Å². The van der Waals surface area contributed by atoms with Crippen molar-refractivity contribution in [2.45, 2.75) is 33.2 Å². The molecule has 0 aromatic heterocycles. The van der Waals surface area contributed by atoms with Crippen LogP contribution in [0.5, 0.6) is 0 Å². The van der Waals surface area contributed by atoms with Gasteiger partial charge in [-0.25, -0.2) is 0 Å². The second-order valence-corrected chi connectivity index (χ2v) is 3.70. The van der Waals surface area contributed by atoms with Crippen LogP contribution in [-0.2, 0) is 0 Å². The predicted octanol–water partition coefficient (Wildman–Crippen LogP) is 2.88. The molecule has 14 heavy (non-hydrogen) atoms. The maximum atomic E-state index is 4.32. The fourth-order valence-electron chi connectivity index (χ4n) is 1.41. The first-order valence-corrected chi connectivity index (χ1v) is 4.98. The Morgan fingerprint density at radius 3 is 2.29 bits per heavy atom. The van der Waals surface area contributed by atoms with Crippen LogP contribution in [-0.4, -0.2) is 31.3 Å². The monoisotopic (exact) mass is 194 g/mol. The molecule has 0 aromatic carbocycles. The Balaban J connectivity index is 4.51. The van der Waals surface area contributed by atoms with E-state index in [4.69, 9.17) is 0 Å². The van der Waals surface area contributed by atoms with E-state index in [9.17, 15) is 0 Å². The molecule has 80 valence electrons. The molecule has 0 rings (SSSR count). The van der Waals surface area contributed by atoms with Gasteiger partial charge in [-0.15, -0.1) is 0 Å². The Morgan fingerprint density at radius 1 is 1.43 bits per heavy atom. The van der Waals surface area contributed by atoms with E-state index in [1.807, 2.05) is 20.1 Å². The number of likely N-dealkylation sites (N-methyl/N-ethyl adjacent to an activating group) is 1. The average Bonchev–Trinajstić information content (AvgIpc) is 2.10. The van der Waals surface area contributed by atoms with Crippen molar-refractivity contribution in [2.24, 2.45) is 4.99 Å². The van der Waals surface area contributed by atoms with Crippen LogP contribution >= 0.6 is 0 Å². The summed E-state index contributed by atoms with van der Waals surface area (Å²) in [6.07, 6.45) is 4.82. The van der Waals surface area contributed by atoms with Crippen molar-refractivity contribution in [3.05, 3.63) is 23.9 Å². The number of hydrogen-bond acceptors (Lipinski definition) is 2. The number of aliphatic imine (C=N–C) groups is 1. The minimum Gasteiger partial charge on any atom is -0.302 e. The van der Waals surface area contributed by atoms with Crippen LogP contribution in [0.3, 0.4) is 0 Å². The summed E-state index contributed by atoms with van der Waals surface area (Å²) in [5.41, 5.74) is 2.30.